The van der Waals surface area contributed by atoms with Crippen LogP contribution in [0.1, 0.15) is 78.1 Å². The highest BCUT2D eigenvalue weighted by atomic mass is 16.1. The number of rotatable bonds is 12. The molecule has 0 aliphatic rings. The van der Waals surface area contributed by atoms with E-state index in [-0.39, 0.29) is 5.78 Å². The van der Waals surface area contributed by atoms with Crippen molar-refractivity contribution in [3.8, 4) is 0 Å². The summed E-state index contributed by atoms with van der Waals surface area (Å²) < 4.78 is 0. The van der Waals surface area contributed by atoms with Gasteiger partial charge in [-0.05, 0) is 39.2 Å². The maximum absolute atomic E-state index is 10.7. The topological polar surface area (TPSA) is 34.1 Å². The van der Waals surface area contributed by atoms with E-state index in [4.69, 9.17) is 0 Å². The molecule has 2 nitrogen and oxygen atoms in total. The van der Waals surface area contributed by atoms with Crippen molar-refractivity contribution in [1.82, 2.24) is 0 Å². The Kier molecular flexibility index (Phi) is 11.9. The first-order valence-corrected chi connectivity index (χ1v) is 7.29. The first-order valence-electron chi connectivity index (χ1n) is 7.29. The van der Waals surface area contributed by atoms with Gasteiger partial charge in [0.05, 0.1) is 0 Å². The normalized spacial score (nSPS) is 11.0. The third kappa shape index (κ3) is 15.1. The average molecular weight is 252 g/mol. The molecule has 0 aliphatic heterocycles. The second kappa shape index (κ2) is 12.5. The van der Waals surface area contributed by atoms with Crippen LogP contribution in [-0.4, -0.2) is 11.6 Å². The summed E-state index contributed by atoms with van der Waals surface area (Å²) in [6.45, 7) is 3.25. The number of hydrogen-bond acceptors (Lipinski definition) is 2. The third-order valence-electron chi connectivity index (χ3n) is 3.00. The number of carbonyl (C=O) groups excluding carboxylic acids is 2. The predicted octanol–water partition coefficient (Wildman–Crippen LogP) is 4.62. The van der Waals surface area contributed by atoms with Crippen LogP contribution in [0.25, 0.3) is 0 Å². The van der Waals surface area contributed by atoms with Crippen LogP contribution in [0.2, 0.25) is 0 Å². The fraction of sp³-hybridized carbons (Fsp3) is 0.750. The molecule has 0 fully saturated rings. The molecular formula is C16H28O2. The van der Waals surface area contributed by atoms with Crippen LogP contribution in [-0.2, 0) is 9.59 Å². The molecular weight excluding hydrogens is 224 g/mol. The van der Waals surface area contributed by atoms with Gasteiger partial charge in [0.1, 0.15) is 5.78 Å². The highest BCUT2D eigenvalue weighted by Crippen LogP contribution is 2.10. The van der Waals surface area contributed by atoms with Gasteiger partial charge < -0.3 is 4.79 Å². The molecule has 0 N–H and O–H groups in total. The average Bonchev–Trinajstić information content (AvgIpc) is 2.29. The number of Topliss-reactive ketones (excluding diaryl/α,β-unsaturated/α-hetero) is 1. The summed E-state index contributed by atoms with van der Waals surface area (Å²) in [5, 5.41) is 0. The van der Waals surface area contributed by atoms with Gasteiger partial charge in [-0.3, -0.25) is 4.79 Å². The molecule has 0 aromatic rings. The van der Waals surface area contributed by atoms with Crippen molar-refractivity contribution in [3.05, 3.63) is 12.2 Å². The molecule has 0 aromatic heterocycles. The molecule has 0 aliphatic carbocycles. The molecule has 2 heteroatoms. The monoisotopic (exact) mass is 252 g/mol. The minimum atomic E-state index is 0.139. The summed E-state index contributed by atoms with van der Waals surface area (Å²) in [5.74, 6) is 0.453. The lowest BCUT2D eigenvalue weighted by Crippen LogP contribution is -1.89. The van der Waals surface area contributed by atoms with Gasteiger partial charge in [-0.1, -0.05) is 44.6 Å². The summed E-state index contributed by atoms with van der Waals surface area (Å²) in [6.07, 6.45) is 15.3. The second-order valence-corrected chi connectivity index (χ2v) is 5.08. The van der Waals surface area contributed by atoms with Crippen molar-refractivity contribution < 1.29 is 9.59 Å². The maximum Gasteiger partial charge on any atom is 0.152 e. The van der Waals surface area contributed by atoms with Crippen LogP contribution < -0.4 is 0 Å². The Bertz CT molecular complexity index is 254. The van der Waals surface area contributed by atoms with Crippen LogP contribution in [0.5, 0.6) is 0 Å². The Morgan fingerprint density at radius 2 is 1.28 bits per heavy atom. The van der Waals surface area contributed by atoms with Crippen molar-refractivity contribution in [1.29, 1.82) is 0 Å². The first kappa shape index (κ1) is 17.1. The van der Waals surface area contributed by atoms with E-state index in [2.05, 4.69) is 0 Å². The quantitative estimate of drug-likeness (QED) is 0.375. The van der Waals surface area contributed by atoms with Gasteiger partial charge in [0.25, 0.3) is 0 Å². The molecule has 0 aromatic carbocycles. The molecule has 0 unspecified atom stereocenters. The molecule has 0 heterocycles. The molecule has 104 valence electrons. The zero-order valence-electron chi connectivity index (χ0n) is 12.0. The molecule has 0 atom stereocenters. The van der Waals surface area contributed by atoms with Gasteiger partial charge in [-0.2, -0.15) is 0 Å². The number of carbonyl (C=O) groups is 2. The maximum atomic E-state index is 10.7. The van der Waals surface area contributed by atoms with Crippen molar-refractivity contribution in [2.45, 2.75) is 78.1 Å². The number of unbranched alkanes of at least 4 members (excludes halogenated alkanes) is 8. The molecule has 18 heavy (non-hydrogen) atoms. The molecule has 0 saturated carbocycles. The summed E-state index contributed by atoms with van der Waals surface area (Å²) in [7, 11) is 0. The SMILES string of the molecule is CC(=O)C=CCCCCCCCCCCC(C)=O. The molecule has 0 radical (unpaired) electrons. The number of hydrogen-bond donors (Lipinski definition) is 0. The molecule has 0 rings (SSSR count). The molecule has 0 bridgehead atoms. The van der Waals surface area contributed by atoms with Gasteiger partial charge in [-0.15, -0.1) is 0 Å². The van der Waals surface area contributed by atoms with E-state index < -0.39 is 0 Å². The van der Waals surface area contributed by atoms with Crippen LogP contribution in [0.4, 0.5) is 0 Å². The Labute approximate surface area is 112 Å². The first-order chi connectivity index (χ1) is 8.63. The zero-order chi connectivity index (χ0) is 13.6. The zero-order valence-corrected chi connectivity index (χ0v) is 12.0. The van der Waals surface area contributed by atoms with Crippen LogP contribution in [0, 0.1) is 0 Å². The standard InChI is InChI=1S/C16H28O2/c1-15(17)13-11-9-7-5-3-4-6-8-10-12-14-16(2)18/h11,13H,3-10,12,14H2,1-2H3. The number of ketones is 2. The van der Waals surface area contributed by atoms with E-state index in [1.807, 2.05) is 6.08 Å². The van der Waals surface area contributed by atoms with Crippen molar-refractivity contribution in [3.63, 3.8) is 0 Å². The summed E-state index contributed by atoms with van der Waals surface area (Å²) in [6, 6.07) is 0. The van der Waals surface area contributed by atoms with Crippen molar-refractivity contribution >= 4 is 11.6 Å². The van der Waals surface area contributed by atoms with Gasteiger partial charge in [0, 0.05) is 6.42 Å². The van der Waals surface area contributed by atoms with Gasteiger partial charge in [0.2, 0.25) is 0 Å². The lowest BCUT2D eigenvalue weighted by Gasteiger charge is -2.00. The highest BCUT2D eigenvalue weighted by Gasteiger charge is 1.94. The lowest BCUT2D eigenvalue weighted by molar-refractivity contribution is -0.117. The fourth-order valence-corrected chi connectivity index (χ4v) is 1.95. The Hall–Kier alpha value is -0.920. The lowest BCUT2D eigenvalue weighted by atomic mass is 10.1. The van der Waals surface area contributed by atoms with E-state index >= 15 is 0 Å². The van der Waals surface area contributed by atoms with E-state index in [0.29, 0.717) is 5.78 Å². The largest absolute Gasteiger partial charge is 0.300 e. The third-order valence-corrected chi connectivity index (χ3v) is 3.00. The van der Waals surface area contributed by atoms with Crippen molar-refractivity contribution in [2.24, 2.45) is 0 Å². The smallest absolute Gasteiger partial charge is 0.152 e. The molecule has 0 spiro atoms. The van der Waals surface area contributed by atoms with E-state index in [1.165, 1.54) is 44.9 Å². The molecule has 0 amide bonds. The summed E-state index contributed by atoms with van der Waals surface area (Å²) in [5.41, 5.74) is 0. The van der Waals surface area contributed by atoms with E-state index in [1.54, 1.807) is 19.9 Å². The Morgan fingerprint density at radius 1 is 0.778 bits per heavy atom. The second-order valence-electron chi connectivity index (χ2n) is 5.08. The minimum absolute atomic E-state index is 0.139. The summed E-state index contributed by atoms with van der Waals surface area (Å²) in [4.78, 5) is 21.4. The van der Waals surface area contributed by atoms with Crippen LogP contribution >= 0.6 is 0 Å². The van der Waals surface area contributed by atoms with Crippen LogP contribution in [0.15, 0.2) is 12.2 Å². The number of allylic oxidation sites excluding steroid dienone is 2. The minimum Gasteiger partial charge on any atom is -0.300 e. The van der Waals surface area contributed by atoms with Gasteiger partial charge in [-0.25, -0.2) is 0 Å². The summed E-state index contributed by atoms with van der Waals surface area (Å²) >= 11 is 0. The fourth-order valence-electron chi connectivity index (χ4n) is 1.95. The highest BCUT2D eigenvalue weighted by molar-refractivity contribution is 5.87. The van der Waals surface area contributed by atoms with Gasteiger partial charge in [0.15, 0.2) is 5.78 Å². The van der Waals surface area contributed by atoms with Crippen LogP contribution in [0.3, 0.4) is 0 Å². The van der Waals surface area contributed by atoms with E-state index in [9.17, 15) is 9.59 Å². The van der Waals surface area contributed by atoms with Gasteiger partial charge >= 0.3 is 0 Å². The predicted molar refractivity (Wildman–Crippen MR) is 76.7 cm³/mol. The Morgan fingerprint density at radius 3 is 1.78 bits per heavy atom. The molecule has 0 saturated heterocycles. The van der Waals surface area contributed by atoms with E-state index in [0.717, 1.165) is 19.3 Å². The Balaban J connectivity index is 3.07. The van der Waals surface area contributed by atoms with Crippen molar-refractivity contribution in [2.75, 3.05) is 0 Å².